The van der Waals surface area contributed by atoms with Crippen molar-refractivity contribution in [1.82, 2.24) is 0 Å². The Labute approximate surface area is 83.4 Å². The number of anilines is 1. The largest absolute Gasteiger partial charge is 0.495 e. The van der Waals surface area contributed by atoms with Gasteiger partial charge in [-0.3, -0.25) is 0 Å². The number of rotatable bonds is 3. The van der Waals surface area contributed by atoms with Crippen molar-refractivity contribution >= 4 is 16.4 Å². The van der Waals surface area contributed by atoms with E-state index in [0.717, 1.165) is 0 Å². The van der Waals surface area contributed by atoms with Crippen molar-refractivity contribution in [3.8, 4) is 11.5 Å². The predicted octanol–water partition coefficient (Wildman–Crippen LogP) is 0.256. The first-order chi connectivity index (χ1) is 6.60. The second kappa shape index (κ2) is 4.19. The Balaban J connectivity index is 3.39. The average Bonchev–Trinajstić information content (AvgIpc) is 2.16. The normalized spacial score (nSPS) is 10.2. The zero-order valence-electron chi connectivity index (χ0n) is 7.81. The zero-order chi connectivity index (χ0) is 10.7. The smallest absolute Gasteiger partial charge is 0.172 e. The quantitative estimate of drug-likeness (QED) is 0.560. The van der Waals surface area contributed by atoms with Crippen LogP contribution in [0.15, 0.2) is 17.0 Å². The summed E-state index contributed by atoms with van der Waals surface area (Å²) in [7, 11) is 0.0780. The fourth-order valence-electron chi connectivity index (χ4n) is 1.05. The summed E-state index contributed by atoms with van der Waals surface area (Å²) in [6.45, 7) is 0. The third-order valence-electron chi connectivity index (χ3n) is 1.73. The van der Waals surface area contributed by atoms with Gasteiger partial charge >= 0.3 is 0 Å². The van der Waals surface area contributed by atoms with Crippen molar-refractivity contribution in [1.29, 1.82) is 0 Å². The Morgan fingerprint density at radius 3 is 2.14 bits per heavy atom. The summed E-state index contributed by atoms with van der Waals surface area (Å²) >= 11 is 0. The SMILES string of the molecule is COc1cc([SH](=O)=O)c(OC)cc1N. The minimum atomic E-state index is -2.72. The highest BCUT2D eigenvalue weighted by atomic mass is 32.2. The summed E-state index contributed by atoms with van der Waals surface area (Å²) in [5, 5.41) is 0. The summed E-state index contributed by atoms with van der Waals surface area (Å²) in [6, 6.07) is 2.75. The number of nitrogens with two attached hydrogens (primary N) is 1. The van der Waals surface area contributed by atoms with Gasteiger partial charge in [0.1, 0.15) is 16.4 Å². The molecule has 0 unspecified atom stereocenters. The summed E-state index contributed by atoms with van der Waals surface area (Å²) in [5.41, 5.74) is 5.91. The van der Waals surface area contributed by atoms with Gasteiger partial charge in [-0.25, -0.2) is 8.42 Å². The molecule has 0 atom stereocenters. The van der Waals surface area contributed by atoms with Crippen molar-refractivity contribution < 1.29 is 17.9 Å². The van der Waals surface area contributed by atoms with Gasteiger partial charge in [-0.1, -0.05) is 0 Å². The molecule has 0 fully saturated rings. The monoisotopic (exact) mass is 217 g/mol. The third kappa shape index (κ3) is 1.90. The number of benzene rings is 1. The highest BCUT2D eigenvalue weighted by molar-refractivity contribution is 7.72. The van der Waals surface area contributed by atoms with Crippen molar-refractivity contribution in [3.63, 3.8) is 0 Å². The molecule has 14 heavy (non-hydrogen) atoms. The molecule has 1 rings (SSSR count). The van der Waals surface area contributed by atoms with E-state index in [-0.39, 0.29) is 10.6 Å². The van der Waals surface area contributed by atoms with E-state index in [0.29, 0.717) is 11.4 Å². The molecule has 78 valence electrons. The molecule has 0 spiro atoms. The maximum Gasteiger partial charge on any atom is 0.172 e. The van der Waals surface area contributed by atoms with E-state index in [1.807, 2.05) is 0 Å². The second-order valence-electron chi connectivity index (χ2n) is 2.52. The Bertz CT molecular complexity index is 406. The van der Waals surface area contributed by atoms with Gasteiger partial charge in [-0.2, -0.15) is 0 Å². The molecule has 0 saturated carbocycles. The molecule has 6 heteroatoms. The number of hydrogen-bond donors (Lipinski definition) is 2. The van der Waals surface area contributed by atoms with Crippen molar-refractivity contribution in [2.24, 2.45) is 0 Å². The minimum Gasteiger partial charge on any atom is -0.495 e. The molecule has 0 aliphatic carbocycles. The van der Waals surface area contributed by atoms with Gasteiger partial charge in [-0.05, 0) is 0 Å². The van der Waals surface area contributed by atoms with Gasteiger partial charge in [-0.15, -0.1) is 0 Å². The Hall–Kier alpha value is -1.43. The van der Waals surface area contributed by atoms with Crippen LogP contribution < -0.4 is 15.2 Å². The molecule has 0 saturated heterocycles. The number of ether oxygens (including phenoxy) is 2. The molecule has 0 bridgehead atoms. The van der Waals surface area contributed by atoms with E-state index < -0.39 is 10.7 Å². The first-order valence-electron chi connectivity index (χ1n) is 3.76. The number of methoxy groups -OCH3 is 2. The van der Waals surface area contributed by atoms with Crippen molar-refractivity contribution in [2.45, 2.75) is 4.90 Å². The van der Waals surface area contributed by atoms with Gasteiger partial charge in [0.05, 0.1) is 19.9 Å². The lowest BCUT2D eigenvalue weighted by atomic mass is 10.3. The summed E-state index contributed by atoms with van der Waals surface area (Å²) in [4.78, 5) is 0.0635. The number of thiol groups is 1. The highest BCUT2D eigenvalue weighted by Crippen LogP contribution is 2.31. The van der Waals surface area contributed by atoms with Gasteiger partial charge in [0.25, 0.3) is 0 Å². The molecule has 0 heterocycles. The lowest BCUT2D eigenvalue weighted by Crippen LogP contribution is -1.97. The van der Waals surface area contributed by atoms with E-state index in [2.05, 4.69) is 0 Å². The fraction of sp³-hybridized carbons (Fsp3) is 0.250. The van der Waals surface area contributed by atoms with Gasteiger partial charge < -0.3 is 15.2 Å². The summed E-state index contributed by atoms with van der Waals surface area (Å²) in [6.07, 6.45) is 0. The molecular formula is C8H11NO4S. The molecule has 2 N–H and O–H groups in total. The van der Waals surface area contributed by atoms with E-state index in [1.54, 1.807) is 0 Å². The minimum absolute atomic E-state index is 0.0635. The average molecular weight is 217 g/mol. The van der Waals surface area contributed by atoms with Crippen LogP contribution in [0.4, 0.5) is 5.69 Å². The summed E-state index contributed by atoms with van der Waals surface area (Å²) in [5.74, 6) is 0.541. The lowest BCUT2D eigenvalue weighted by molar-refractivity contribution is 0.394. The molecule has 0 aromatic heterocycles. The molecular weight excluding hydrogens is 206 g/mol. The van der Waals surface area contributed by atoms with Crippen LogP contribution in [0, 0.1) is 0 Å². The second-order valence-corrected chi connectivity index (χ2v) is 3.52. The van der Waals surface area contributed by atoms with Crippen LogP contribution in [0.5, 0.6) is 11.5 Å². The maximum atomic E-state index is 10.8. The van der Waals surface area contributed by atoms with Crippen molar-refractivity contribution in [2.75, 3.05) is 20.0 Å². The molecule has 0 amide bonds. The topological polar surface area (TPSA) is 78.6 Å². The Morgan fingerprint density at radius 2 is 1.71 bits per heavy atom. The van der Waals surface area contributed by atoms with E-state index >= 15 is 0 Å². The van der Waals surface area contributed by atoms with E-state index in [4.69, 9.17) is 15.2 Å². The zero-order valence-corrected chi connectivity index (χ0v) is 8.71. The van der Waals surface area contributed by atoms with Crippen LogP contribution in [0.1, 0.15) is 0 Å². The molecule has 0 aliphatic heterocycles. The lowest BCUT2D eigenvalue weighted by Gasteiger charge is -2.08. The van der Waals surface area contributed by atoms with E-state index in [1.165, 1.54) is 26.4 Å². The molecule has 0 aliphatic rings. The summed E-state index contributed by atoms with van der Waals surface area (Å²) < 4.78 is 31.4. The number of hydrogen-bond acceptors (Lipinski definition) is 5. The van der Waals surface area contributed by atoms with Gasteiger partial charge in [0, 0.05) is 12.1 Å². The van der Waals surface area contributed by atoms with E-state index in [9.17, 15) is 8.42 Å². The predicted molar refractivity (Wildman–Crippen MR) is 52.5 cm³/mol. The van der Waals surface area contributed by atoms with Gasteiger partial charge in [0.2, 0.25) is 0 Å². The molecule has 1 aromatic carbocycles. The maximum absolute atomic E-state index is 10.8. The molecule has 0 radical (unpaired) electrons. The van der Waals surface area contributed by atoms with Crippen LogP contribution in [0.3, 0.4) is 0 Å². The standard InChI is InChI=1S/C8H11NO4S/c1-12-6-4-8(14(10)11)7(13-2)3-5(6)9/h3-4,14H,9H2,1-2H3. The van der Waals surface area contributed by atoms with Crippen molar-refractivity contribution in [3.05, 3.63) is 12.1 Å². The highest BCUT2D eigenvalue weighted by Gasteiger charge is 2.10. The fourth-order valence-corrected chi connectivity index (χ4v) is 1.61. The van der Waals surface area contributed by atoms with Gasteiger partial charge in [0.15, 0.2) is 10.7 Å². The Kier molecular flexibility index (Phi) is 3.19. The van der Waals surface area contributed by atoms with Crippen LogP contribution in [-0.4, -0.2) is 22.6 Å². The molecule has 1 aromatic rings. The van der Waals surface area contributed by atoms with Crippen LogP contribution in [-0.2, 0) is 10.7 Å². The van der Waals surface area contributed by atoms with Crippen LogP contribution in [0.25, 0.3) is 0 Å². The molecule has 5 nitrogen and oxygen atoms in total. The first-order valence-corrected chi connectivity index (χ1v) is 4.93. The Morgan fingerprint density at radius 1 is 1.14 bits per heavy atom. The third-order valence-corrected chi connectivity index (χ3v) is 2.47. The first kappa shape index (κ1) is 10.6. The van der Waals surface area contributed by atoms with Crippen LogP contribution >= 0.6 is 0 Å². The number of nitrogen functional groups attached to an aromatic ring is 1. The van der Waals surface area contributed by atoms with Crippen LogP contribution in [0.2, 0.25) is 0 Å².